The minimum Gasteiger partial charge on any atom is -0.507 e. The van der Waals surface area contributed by atoms with Gasteiger partial charge in [-0.2, -0.15) is 0 Å². The van der Waals surface area contributed by atoms with Gasteiger partial charge in [0.15, 0.2) is 0 Å². The molecule has 2 aromatic rings. The van der Waals surface area contributed by atoms with Crippen LogP contribution < -0.4 is 0 Å². The van der Waals surface area contributed by atoms with Gasteiger partial charge >= 0.3 is 5.97 Å². The highest BCUT2D eigenvalue weighted by Crippen LogP contribution is 2.32. The van der Waals surface area contributed by atoms with E-state index in [2.05, 4.69) is 0 Å². The predicted octanol–water partition coefficient (Wildman–Crippen LogP) is 3.62. The molecule has 3 heteroatoms. The van der Waals surface area contributed by atoms with Crippen LogP contribution in [0, 0.1) is 13.8 Å². The summed E-state index contributed by atoms with van der Waals surface area (Å²) in [5.41, 5.74) is 3.43. The second-order valence-electron chi connectivity index (χ2n) is 5.06. The van der Waals surface area contributed by atoms with Crippen molar-refractivity contribution in [1.29, 1.82) is 0 Å². The Bertz CT molecular complexity index is 594. The van der Waals surface area contributed by atoms with Crippen molar-refractivity contribution in [2.24, 2.45) is 0 Å². The largest absolute Gasteiger partial charge is 0.507 e. The van der Waals surface area contributed by atoms with Crippen LogP contribution in [0.4, 0.5) is 0 Å². The smallest absolute Gasteiger partial charge is 0.304 e. The number of carbonyl (C=O) groups is 1. The van der Waals surface area contributed by atoms with Crippen LogP contribution >= 0.6 is 0 Å². The van der Waals surface area contributed by atoms with E-state index in [0.717, 1.165) is 22.3 Å². The molecule has 0 aromatic heterocycles. The lowest BCUT2D eigenvalue weighted by molar-refractivity contribution is -0.137. The highest BCUT2D eigenvalue weighted by molar-refractivity contribution is 5.69. The molecule has 0 amide bonds. The summed E-state index contributed by atoms with van der Waals surface area (Å²) in [5.74, 6) is -0.759. The number of phenols is 1. The molecule has 0 radical (unpaired) electrons. The first-order valence-corrected chi connectivity index (χ1v) is 6.56. The van der Waals surface area contributed by atoms with Crippen molar-refractivity contribution in [1.82, 2.24) is 0 Å². The first kappa shape index (κ1) is 14.1. The zero-order chi connectivity index (χ0) is 14.7. The van der Waals surface area contributed by atoms with Crippen LogP contribution in [0.15, 0.2) is 42.5 Å². The van der Waals surface area contributed by atoms with Gasteiger partial charge in [0.1, 0.15) is 5.75 Å². The molecular weight excluding hydrogens is 252 g/mol. The second-order valence-corrected chi connectivity index (χ2v) is 5.06. The van der Waals surface area contributed by atoms with Crippen LogP contribution in [-0.2, 0) is 4.79 Å². The molecule has 20 heavy (non-hydrogen) atoms. The minimum atomic E-state index is -0.831. The van der Waals surface area contributed by atoms with E-state index in [-0.39, 0.29) is 18.1 Å². The van der Waals surface area contributed by atoms with Crippen molar-refractivity contribution in [3.63, 3.8) is 0 Å². The summed E-state index contributed by atoms with van der Waals surface area (Å²) in [5, 5.41) is 19.0. The molecule has 0 heterocycles. The van der Waals surface area contributed by atoms with Gasteiger partial charge in [0.2, 0.25) is 0 Å². The standard InChI is InChI=1S/C17H18O3/c1-11-8-14(9-12(2)17(11)20)15(10-16(18)19)13-6-4-3-5-7-13/h3-9,15,20H,10H2,1-2H3,(H,18,19). The van der Waals surface area contributed by atoms with Crippen molar-refractivity contribution in [3.8, 4) is 5.75 Å². The van der Waals surface area contributed by atoms with E-state index in [0.29, 0.717) is 0 Å². The molecular formula is C17H18O3. The quantitative estimate of drug-likeness (QED) is 0.892. The summed E-state index contributed by atoms with van der Waals surface area (Å²) in [4.78, 5) is 11.1. The fourth-order valence-corrected chi connectivity index (χ4v) is 2.48. The van der Waals surface area contributed by atoms with Gasteiger partial charge in [-0.05, 0) is 36.1 Å². The number of hydrogen-bond donors (Lipinski definition) is 2. The molecule has 0 saturated carbocycles. The molecule has 1 unspecified atom stereocenters. The average Bonchev–Trinajstić information content (AvgIpc) is 2.42. The van der Waals surface area contributed by atoms with E-state index < -0.39 is 5.97 Å². The number of rotatable bonds is 4. The molecule has 2 N–H and O–H groups in total. The topological polar surface area (TPSA) is 57.5 Å². The van der Waals surface area contributed by atoms with Gasteiger partial charge in [0.05, 0.1) is 6.42 Å². The zero-order valence-electron chi connectivity index (χ0n) is 11.6. The van der Waals surface area contributed by atoms with Gasteiger partial charge in [0.25, 0.3) is 0 Å². The lowest BCUT2D eigenvalue weighted by Gasteiger charge is -2.18. The Hall–Kier alpha value is -2.29. The maximum atomic E-state index is 11.1. The van der Waals surface area contributed by atoms with Gasteiger partial charge < -0.3 is 10.2 Å². The number of aliphatic carboxylic acids is 1. The molecule has 0 saturated heterocycles. The summed E-state index contributed by atoms with van der Waals surface area (Å²) in [6, 6.07) is 13.3. The summed E-state index contributed by atoms with van der Waals surface area (Å²) in [7, 11) is 0. The van der Waals surface area contributed by atoms with Gasteiger partial charge in [-0.25, -0.2) is 0 Å². The summed E-state index contributed by atoms with van der Waals surface area (Å²) >= 11 is 0. The second kappa shape index (κ2) is 5.78. The normalized spacial score (nSPS) is 12.1. The Morgan fingerprint density at radius 1 is 1.05 bits per heavy atom. The SMILES string of the molecule is Cc1cc(C(CC(=O)O)c2ccccc2)cc(C)c1O. The maximum absolute atomic E-state index is 11.1. The van der Waals surface area contributed by atoms with Crippen LogP contribution in [0.3, 0.4) is 0 Å². The van der Waals surface area contributed by atoms with Crippen molar-refractivity contribution in [3.05, 3.63) is 64.7 Å². The highest BCUT2D eigenvalue weighted by atomic mass is 16.4. The monoisotopic (exact) mass is 270 g/mol. The Morgan fingerprint density at radius 3 is 2.10 bits per heavy atom. The Kier molecular flexibility index (Phi) is 4.08. The van der Waals surface area contributed by atoms with E-state index in [1.165, 1.54) is 0 Å². The third kappa shape index (κ3) is 2.99. The van der Waals surface area contributed by atoms with Gasteiger partial charge in [-0.1, -0.05) is 42.5 Å². The van der Waals surface area contributed by atoms with Gasteiger partial charge in [-0.15, -0.1) is 0 Å². The van der Waals surface area contributed by atoms with Crippen molar-refractivity contribution in [2.75, 3.05) is 0 Å². The molecule has 0 spiro atoms. The van der Waals surface area contributed by atoms with Crippen LogP contribution in [0.1, 0.15) is 34.6 Å². The third-order valence-electron chi connectivity index (χ3n) is 3.50. The number of benzene rings is 2. The average molecular weight is 270 g/mol. The Morgan fingerprint density at radius 2 is 1.60 bits per heavy atom. The maximum Gasteiger partial charge on any atom is 0.304 e. The molecule has 0 aliphatic rings. The van der Waals surface area contributed by atoms with E-state index in [1.54, 1.807) is 0 Å². The number of aromatic hydroxyl groups is 1. The van der Waals surface area contributed by atoms with Crippen LogP contribution in [-0.4, -0.2) is 16.2 Å². The van der Waals surface area contributed by atoms with E-state index in [9.17, 15) is 9.90 Å². The number of phenolic OH excluding ortho intramolecular Hbond substituents is 1. The zero-order valence-corrected chi connectivity index (χ0v) is 11.6. The fraction of sp³-hybridized carbons (Fsp3) is 0.235. The molecule has 3 nitrogen and oxygen atoms in total. The summed E-state index contributed by atoms with van der Waals surface area (Å²) < 4.78 is 0. The molecule has 0 aliphatic heterocycles. The number of carboxylic acids is 1. The molecule has 2 rings (SSSR count). The predicted molar refractivity (Wildman–Crippen MR) is 78.1 cm³/mol. The summed E-state index contributed by atoms with van der Waals surface area (Å²) in [6.45, 7) is 3.66. The molecule has 1 atom stereocenters. The first-order chi connectivity index (χ1) is 9.49. The van der Waals surface area contributed by atoms with Gasteiger partial charge in [0, 0.05) is 5.92 Å². The van der Waals surface area contributed by atoms with Crippen LogP contribution in [0.5, 0.6) is 5.75 Å². The van der Waals surface area contributed by atoms with E-state index in [4.69, 9.17) is 5.11 Å². The van der Waals surface area contributed by atoms with Crippen molar-refractivity contribution in [2.45, 2.75) is 26.2 Å². The minimum absolute atomic E-state index is 0.0354. The lowest BCUT2D eigenvalue weighted by atomic mass is 9.87. The van der Waals surface area contributed by atoms with Crippen LogP contribution in [0.2, 0.25) is 0 Å². The highest BCUT2D eigenvalue weighted by Gasteiger charge is 2.19. The molecule has 0 fully saturated rings. The lowest BCUT2D eigenvalue weighted by Crippen LogP contribution is -2.08. The van der Waals surface area contributed by atoms with Crippen LogP contribution in [0.25, 0.3) is 0 Å². The van der Waals surface area contributed by atoms with Crippen molar-refractivity contribution < 1.29 is 15.0 Å². The number of carboxylic acid groups (broad SMARTS) is 1. The fourth-order valence-electron chi connectivity index (χ4n) is 2.48. The molecule has 0 bridgehead atoms. The number of aryl methyl sites for hydroxylation is 2. The van der Waals surface area contributed by atoms with E-state index in [1.807, 2.05) is 56.3 Å². The Labute approximate surface area is 118 Å². The first-order valence-electron chi connectivity index (χ1n) is 6.56. The number of hydrogen-bond acceptors (Lipinski definition) is 2. The Balaban J connectivity index is 2.49. The van der Waals surface area contributed by atoms with E-state index >= 15 is 0 Å². The van der Waals surface area contributed by atoms with Crippen molar-refractivity contribution >= 4 is 5.97 Å². The molecule has 104 valence electrons. The third-order valence-corrected chi connectivity index (χ3v) is 3.50. The van der Waals surface area contributed by atoms with Gasteiger partial charge in [-0.3, -0.25) is 4.79 Å². The molecule has 0 aliphatic carbocycles. The molecule has 2 aromatic carbocycles. The summed E-state index contributed by atoms with van der Waals surface area (Å²) in [6.07, 6.45) is 0.0354.